The van der Waals surface area contributed by atoms with Crippen LogP contribution in [0.3, 0.4) is 0 Å². The van der Waals surface area contributed by atoms with Crippen LogP contribution < -0.4 is 0 Å². The number of aliphatic imine (C=N–C) groups is 1. The van der Waals surface area contributed by atoms with Gasteiger partial charge in [0, 0.05) is 0 Å². The molecule has 0 radical (unpaired) electrons. The summed E-state index contributed by atoms with van der Waals surface area (Å²) in [5.41, 5.74) is -0.607. The molecular weight excluding hydrogens is 182 g/mol. The lowest BCUT2D eigenvalue weighted by molar-refractivity contribution is -0.105. The third kappa shape index (κ3) is 7.21. The summed E-state index contributed by atoms with van der Waals surface area (Å²) in [5.74, 6) is 0. The fraction of sp³-hybridized carbons (Fsp3) is 0.571. The molecule has 0 aromatic heterocycles. The Morgan fingerprint density at radius 1 is 1.42 bits per heavy atom. The summed E-state index contributed by atoms with van der Waals surface area (Å²) in [6.45, 7) is 5.09. The summed E-state index contributed by atoms with van der Waals surface area (Å²) in [4.78, 5) is 24.0. The summed E-state index contributed by atoms with van der Waals surface area (Å²) >= 11 is 4.90. The van der Waals surface area contributed by atoms with Gasteiger partial charge in [0.1, 0.15) is 5.60 Å². The van der Waals surface area contributed by atoms with Crippen molar-refractivity contribution < 1.29 is 14.3 Å². The van der Waals surface area contributed by atoms with Crippen LogP contribution in [0.4, 0.5) is 4.79 Å². The second kappa shape index (κ2) is 4.21. The van der Waals surface area contributed by atoms with Crippen LogP contribution in [0.2, 0.25) is 0 Å². The molecule has 0 rings (SSSR count). The molecule has 5 heteroatoms. The van der Waals surface area contributed by atoms with Crippen LogP contribution in [0.1, 0.15) is 20.8 Å². The SMILES string of the molecule is CC(C)(C)OC(=O)N=CC(=O)Cl. The first-order valence-electron chi connectivity index (χ1n) is 3.28. The summed E-state index contributed by atoms with van der Waals surface area (Å²) in [6.07, 6.45) is -0.119. The Labute approximate surface area is 75.6 Å². The maximum atomic E-state index is 10.7. The molecule has 0 aromatic rings. The molecule has 0 unspecified atom stereocenters. The number of amides is 1. The van der Waals surface area contributed by atoms with Crippen molar-refractivity contribution in [1.82, 2.24) is 0 Å². The molecule has 68 valence electrons. The Hall–Kier alpha value is -0.900. The first-order valence-corrected chi connectivity index (χ1v) is 3.65. The predicted molar refractivity (Wildman–Crippen MR) is 45.6 cm³/mol. The highest BCUT2D eigenvalue weighted by Gasteiger charge is 2.14. The second-order valence-electron chi connectivity index (χ2n) is 3.04. The van der Waals surface area contributed by atoms with E-state index >= 15 is 0 Å². The molecule has 0 saturated carbocycles. The van der Waals surface area contributed by atoms with Crippen molar-refractivity contribution in [1.29, 1.82) is 0 Å². The third-order valence-corrected chi connectivity index (χ3v) is 0.763. The van der Waals surface area contributed by atoms with Crippen molar-refractivity contribution >= 4 is 29.2 Å². The average molecular weight is 192 g/mol. The number of rotatable bonds is 1. The van der Waals surface area contributed by atoms with Crippen molar-refractivity contribution in [3.05, 3.63) is 0 Å². The van der Waals surface area contributed by atoms with Gasteiger partial charge in [0.05, 0.1) is 6.21 Å². The van der Waals surface area contributed by atoms with Crippen molar-refractivity contribution in [3.63, 3.8) is 0 Å². The molecule has 12 heavy (non-hydrogen) atoms. The molecule has 0 atom stereocenters. The molecule has 0 aromatic carbocycles. The normalized spacial score (nSPS) is 11.7. The maximum absolute atomic E-state index is 10.7. The number of ether oxygens (including phenoxy) is 1. The van der Waals surface area contributed by atoms with Gasteiger partial charge in [0.25, 0.3) is 5.24 Å². The fourth-order valence-corrected chi connectivity index (χ4v) is 0.441. The highest BCUT2D eigenvalue weighted by Crippen LogP contribution is 2.07. The van der Waals surface area contributed by atoms with Gasteiger partial charge in [-0.2, -0.15) is 4.99 Å². The average Bonchev–Trinajstić information content (AvgIpc) is 1.79. The zero-order valence-electron chi connectivity index (χ0n) is 7.13. The number of hydrogen-bond acceptors (Lipinski definition) is 3. The highest BCUT2D eigenvalue weighted by molar-refractivity contribution is 6.78. The molecule has 0 fully saturated rings. The van der Waals surface area contributed by atoms with Crippen molar-refractivity contribution in [2.24, 2.45) is 4.99 Å². The van der Waals surface area contributed by atoms with Gasteiger partial charge in [0.2, 0.25) is 0 Å². The van der Waals surface area contributed by atoms with Crippen LogP contribution in [0.15, 0.2) is 4.99 Å². The van der Waals surface area contributed by atoms with E-state index in [1.54, 1.807) is 20.8 Å². The summed E-state index contributed by atoms with van der Waals surface area (Å²) < 4.78 is 4.74. The Bertz CT molecular complexity index is 217. The van der Waals surface area contributed by atoms with Crippen LogP contribution in [0, 0.1) is 0 Å². The van der Waals surface area contributed by atoms with E-state index in [1.165, 1.54) is 0 Å². The molecule has 0 N–H and O–H groups in total. The standard InChI is InChI=1S/C7H10ClNO3/c1-7(2,3)12-6(11)9-4-5(8)10/h4H,1-3H3. The molecule has 0 saturated heterocycles. The minimum absolute atomic E-state index is 0.607. The van der Waals surface area contributed by atoms with Gasteiger partial charge in [0.15, 0.2) is 0 Å². The number of halogens is 1. The number of nitrogens with zero attached hydrogens (tertiary/aromatic N) is 1. The maximum Gasteiger partial charge on any atom is 0.434 e. The smallest absolute Gasteiger partial charge is 0.434 e. The lowest BCUT2D eigenvalue weighted by Gasteiger charge is -2.16. The number of carbonyl (C=O) groups excluding carboxylic acids is 2. The van der Waals surface area contributed by atoms with E-state index in [9.17, 15) is 9.59 Å². The fourth-order valence-electron chi connectivity index (χ4n) is 0.392. The molecule has 0 aliphatic carbocycles. The molecule has 0 aliphatic rings. The van der Waals surface area contributed by atoms with Gasteiger partial charge in [-0.1, -0.05) is 0 Å². The summed E-state index contributed by atoms with van der Waals surface area (Å²) in [6, 6.07) is 0. The largest absolute Gasteiger partial charge is 0.442 e. The van der Waals surface area contributed by atoms with Gasteiger partial charge in [-0.15, -0.1) is 0 Å². The van der Waals surface area contributed by atoms with Crippen LogP contribution in [0.5, 0.6) is 0 Å². The van der Waals surface area contributed by atoms with E-state index in [0.717, 1.165) is 0 Å². The summed E-state index contributed by atoms with van der Waals surface area (Å²) in [7, 11) is 0. The monoisotopic (exact) mass is 191 g/mol. The van der Waals surface area contributed by atoms with Gasteiger partial charge in [-0.3, -0.25) is 4.79 Å². The molecule has 0 aliphatic heterocycles. The van der Waals surface area contributed by atoms with Gasteiger partial charge in [-0.25, -0.2) is 4.79 Å². The minimum atomic E-state index is -0.823. The molecule has 1 amide bonds. The highest BCUT2D eigenvalue weighted by atomic mass is 35.5. The Kier molecular flexibility index (Phi) is 3.89. The third-order valence-electron chi connectivity index (χ3n) is 0.665. The van der Waals surface area contributed by atoms with Crippen molar-refractivity contribution in [3.8, 4) is 0 Å². The van der Waals surface area contributed by atoms with E-state index in [-0.39, 0.29) is 0 Å². The van der Waals surface area contributed by atoms with Crippen LogP contribution >= 0.6 is 11.6 Å². The van der Waals surface area contributed by atoms with E-state index in [2.05, 4.69) is 4.99 Å². The Morgan fingerprint density at radius 3 is 2.25 bits per heavy atom. The zero-order valence-corrected chi connectivity index (χ0v) is 7.88. The van der Waals surface area contributed by atoms with Gasteiger partial charge >= 0.3 is 6.09 Å². The van der Waals surface area contributed by atoms with Crippen LogP contribution in [0.25, 0.3) is 0 Å². The molecular formula is C7H10ClNO3. The minimum Gasteiger partial charge on any atom is -0.442 e. The summed E-state index contributed by atoms with van der Waals surface area (Å²) in [5, 5.41) is -0.805. The molecule has 4 nitrogen and oxygen atoms in total. The number of carbonyl (C=O) groups is 2. The van der Waals surface area contributed by atoms with E-state index < -0.39 is 16.9 Å². The van der Waals surface area contributed by atoms with E-state index in [4.69, 9.17) is 16.3 Å². The lowest BCUT2D eigenvalue weighted by atomic mass is 10.2. The first kappa shape index (κ1) is 11.1. The topological polar surface area (TPSA) is 55.7 Å². The van der Waals surface area contributed by atoms with Crippen molar-refractivity contribution in [2.45, 2.75) is 26.4 Å². The van der Waals surface area contributed by atoms with E-state index in [1.807, 2.05) is 0 Å². The van der Waals surface area contributed by atoms with E-state index in [0.29, 0.717) is 6.21 Å². The van der Waals surface area contributed by atoms with Gasteiger partial charge < -0.3 is 4.74 Å². The van der Waals surface area contributed by atoms with Crippen LogP contribution in [-0.2, 0) is 9.53 Å². The first-order chi connectivity index (χ1) is 5.31. The molecule has 0 bridgehead atoms. The van der Waals surface area contributed by atoms with Crippen LogP contribution in [-0.4, -0.2) is 23.2 Å². The Morgan fingerprint density at radius 2 is 1.92 bits per heavy atom. The molecule has 0 spiro atoms. The van der Waals surface area contributed by atoms with Gasteiger partial charge in [-0.05, 0) is 32.4 Å². The Balaban J connectivity index is 3.99. The van der Waals surface area contributed by atoms with Crippen molar-refractivity contribution in [2.75, 3.05) is 0 Å². The quantitative estimate of drug-likeness (QED) is 0.469. The lowest BCUT2D eigenvalue weighted by Crippen LogP contribution is -2.22. The predicted octanol–water partition coefficient (Wildman–Crippen LogP) is 1.76. The number of hydrogen-bond donors (Lipinski definition) is 0. The zero-order chi connectivity index (χ0) is 9.78. The molecule has 0 heterocycles. The second-order valence-corrected chi connectivity index (χ2v) is 3.42.